The number of hydrogen-bond donors (Lipinski definition) is 0. The zero-order valence-electron chi connectivity index (χ0n) is 17.2. The maximum Gasteiger partial charge on any atom is 0.223 e. The standard InChI is InChI=1S/C19H35N3O4S/c1-16(2)7-13-22-15-19(10-6-17(22)23)9-5-11-21(14-19)18(24)8-12-20(3)27(4,25)26/h16H,5-15H2,1-4H3. The summed E-state index contributed by atoms with van der Waals surface area (Å²) in [6.45, 7) is 7.48. The number of hydrogen-bond acceptors (Lipinski definition) is 4. The Hall–Kier alpha value is -1.15. The van der Waals surface area contributed by atoms with Crippen LogP contribution in [0.2, 0.25) is 0 Å². The van der Waals surface area contributed by atoms with E-state index >= 15 is 0 Å². The lowest BCUT2D eigenvalue weighted by Gasteiger charge is -2.48. The zero-order chi connectivity index (χ0) is 20.2. The smallest absolute Gasteiger partial charge is 0.223 e. The Kier molecular flexibility index (Phi) is 7.30. The lowest BCUT2D eigenvalue weighted by atomic mass is 9.73. The first kappa shape index (κ1) is 22.1. The number of carbonyl (C=O) groups excluding carboxylic acids is 2. The Morgan fingerprint density at radius 1 is 1.26 bits per heavy atom. The molecular formula is C19H35N3O4S. The predicted octanol–water partition coefficient (Wildman–Crippen LogP) is 1.55. The third-order valence-corrected chi connectivity index (χ3v) is 7.26. The summed E-state index contributed by atoms with van der Waals surface area (Å²) in [5.74, 6) is 0.807. The van der Waals surface area contributed by atoms with Gasteiger partial charge in [-0.05, 0) is 31.6 Å². The molecule has 2 aliphatic rings. The first-order valence-electron chi connectivity index (χ1n) is 9.99. The van der Waals surface area contributed by atoms with Gasteiger partial charge in [0.15, 0.2) is 0 Å². The Morgan fingerprint density at radius 2 is 1.96 bits per heavy atom. The Morgan fingerprint density at radius 3 is 2.59 bits per heavy atom. The Bertz CT molecular complexity index is 649. The topological polar surface area (TPSA) is 78.0 Å². The first-order valence-corrected chi connectivity index (χ1v) is 11.8. The minimum Gasteiger partial charge on any atom is -0.342 e. The molecule has 0 N–H and O–H groups in total. The normalized spacial score (nSPS) is 24.3. The van der Waals surface area contributed by atoms with Crippen LogP contribution < -0.4 is 0 Å². The van der Waals surface area contributed by atoms with E-state index in [1.807, 2.05) is 9.80 Å². The van der Waals surface area contributed by atoms with Gasteiger partial charge in [-0.1, -0.05) is 13.8 Å². The molecule has 2 fully saturated rings. The molecule has 27 heavy (non-hydrogen) atoms. The minimum absolute atomic E-state index is 0.00152. The van der Waals surface area contributed by atoms with E-state index in [4.69, 9.17) is 0 Å². The minimum atomic E-state index is -3.26. The summed E-state index contributed by atoms with van der Waals surface area (Å²) in [6.07, 6.45) is 5.76. The summed E-state index contributed by atoms with van der Waals surface area (Å²) >= 11 is 0. The predicted molar refractivity (Wildman–Crippen MR) is 106 cm³/mol. The average Bonchev–Trinajstić information content (AvgIpc) is 2.59. The van der Waals surface area contributed by atoms with Crippen molar-refractivity contribution < 1.29 is 18.0 Å². The molecule has 2 amide bonds. The number of sulfonamides is 1. The molecule has 0 bridgehead atoms. The highest BCUT2D eigenvalue weighted by Crippen LogP contribution is 2.39. The fourth-order valence-electron chi connectivity index (χ4n) is 4.05. The molecule has 0 aromatic carbocycles. The average molecular weight is 402 g/mol. The van der Waals surface area contributed by atoms with Gasteiger partial charge in [0, 0.05) is 58.0 Å². The van der Waals surface area contributed by atoms with Crippen LogP contribution in [0.15, 0.2) is 0 Å². The largest absolute Gasteiger partial charge is 0.342 e. The lowest BCUT2D eigenvalue weighted by Crippen LogP contribution is -2.55. The third kappa shape index (κ3) is 6.17. The molecule has 7 nitrogen and oxygen atoms in total. The number of likely N-dealkylation sites (tertiary alicyclic amines) is 2. The van der Waals surface area contributed by atoms with Crippen LogP contribution in [0.5, 0.6) is 0 Å². The quantitative estimate of drug-likeness (QED) is 0.648. The Balaban J connectivity index is 1.95. The maximum absolute atomic E-state index is 12.6. The second kappa shape index (κ2) is 8.90. The van der Waals surface area contributed by atoms with E-state index < -0.39 is 10.0 Å². The van der Waals surface area contributed by atoms with Crippen LogP contribution in [0.1, 0.15) is 52.4 Å². The number of rotatable bonds is 7. The summed E-state index contributed by atoms with van der Waals surface area (Å²) in [4.78, 5) is 28.8. The second-order valence-electron chi connectivity index (χ2n) is 8.75. The van der Waals surface area contributed by atoms with E-state index in [2.05, 4.69) is 13.8 Å². The van der Waals surface area contributed by atoms with Crippen molar-refractivity contribution in [2.75, 3.05) is 46.0 Å². The van der Waals surface area contributed by atoms with Gasteiger partial charge in [-0.3, -0.25) is 9.59 Å². The summed E-state index contributed by atoms with van der Waals surface area (Å²) in [7, 11) is -1.76. The molecule has 0 radical (unpaired) electrons. The molecule has 2 aliphatic heterocycles. The highest BCUT2D eigenvalue weighted by molar-refractivity contribution is 7.88. The van der Waals surface area contributed by atoms with Gasteiger partial charge in [-0.25, -0.2) is 12.7 Å². The number of amides is 2. The van der Waals surface area contributed by atoms with Gasteiger partial charge in [0.1, 0.15) is 0 Å². The van der Waals surface area contributed by atoms with Gasteiger partial charge in [-0.2, -0.15) is 0 Å². The third-order valence-electron chi connectivity index (χ3n) is 5.95. The van der Waals surface area contributed by atoms with Crippen LogP contribution in [0.25, 0.3) is 0 Å². The van der Waals surface area contributed by atoms with Crippen molar-refractivity contribution in [1.29, 1.82) is 0 Å². The van der Waals surface area contributed by atoms with Crippen molar-refractivity contribution in [3.8, 4) is 0 Å². The van der Waals surface area contributed by atoms with E-state index in [9.17, 15) is 18.0 Å². The summed E-state index contributed by atoms with van der Waals surface area (Å²) < 4.78 is 24.2. The van der Waals surface area contributed by atoms with Crippen LogP contribution in [0.3, 0.4) is 0 Å². The summed E-state index contributed by atoms with van der Waals surface area (Å²) in [5.41, 5.74) is 0.00152. The molecule has 0 aromatic heterocycles. The molecule has 1 unspecified atom stereocenters. The SMILES string of the molecule is CC(C)CCN1CC2(CCCN(C(=O)CCN(C)S(C)(=O)=O)C2)CCC1=O. The Labute approximate surface area is 164 Å². The van der Waals surface area contributed by atoms with Crippen molar-refractivity contribution in [2.45, 2.75) is 52.4 Å². The second-order valence-corrected chi connectivity index (χ2v) is 10.8. The molecule has 1 atom stereocenters. The van der Waals surface area contributed by atoms with E-state index in [-0.39, 0.29) is 30.2 Å². The van der Waals surface area contributed by atoms with Crippen molar-refractivity contribution in [3.05, 3.63) is 0 Å². The van der Waals surface area contributed by atoms with Crippen LogP contribution >= 0.6 is 0 Å². The van der Waals surface area contributed by atoms with Crippen molar-refractivity contribution in [3.63, 3.8) is 0 Å². The molecule has 8 heteroatoms. The molecular weight excluding hydrogens is 366 g/mol. The van der Waals surface area contributed by atoms with Crippen LogP contribution in [-0.2, 0) is 19.6 Å². The van der Waals surface area contributed by atoms with Gasteiger partial charge >= 0.3 is 0 Å². The monoisotopic (exact) mass is 401 g/mol. The first-order chi connectivity index (χ1) is 12.5. The molecule has 0 aromatic rings. The van der Waals surface area contributed by atoms with Gasteiger partial charge in [-0.15, -0.1) is 0 Å². The van der Waals surface area contributed by atoms with E-state index in [1.54, 1.807) is 0 Å². The molecule has 0 aliphatic carbocycles. The maximum atomic E-state index is 12.6. The fourth-order valence-corrected chi connectivity index (χ4v) is 4.47. The van der Waals surface area contributed by atoms with Crippen LogP contribution in [0, 0.1) is 11.3 Å². The van der Waals surface area contributed by atoms with Gasteiger partial charge in [0.25, 0.3) is 0 Å². The fraction of sp³-hybridized carbons (Fsp3) is 0.895. The number of carbonyl (C=O) groups is 2. The number of nitrogens with zero attached hydrogens (tertiary/aromatic N) is 3. The number of piperidine rings is 2. The van der Waals surface area contributed by atoms with E-state index in [1.165, 1.54) is 11.4 Å². The van der Waals surface area contributed by atoms with Crippen molar-refractivity contribution in [2.24, 2.45) is 11.3 Å². The molecule has 1 spiro atoms. The zero-order valence-corrected chi connectivity index (χ0v) is 18.1. The highest BCUT2D eigenvalue weighted by Gasteiger charge is 2.42. The molecule has 2 saturated heterocycles. The summed E-state index contributed by atoms with van der Waals surface area (Å²) in [5, 5.41) is 0. The van der Waals surface area contributed by atoms with Gasteiger partial charge in [0.2, 0.25) is 21.8 Å². The molecule has 2 heterocycles. The van der Waals surface area contributed by atoms with Crippen molar-refractivity contribution in [1.82, 2.24) is 14.1 Å². The van der Waals surface area contributed by atoms with Crippen molar-refractivity contribution >= 4 is 21.8 Å². The van der Waals surface area contributed by atoms with Gasteiger partial charge in [0.05, 0.1) is 6.26 Å². The van der Waals surface area contributed by atoms with E-state index in [0.29, 0.717) is 18.9 Å². The lowest BCUT2D eigenvalue weighted by molar-refractivity contribution is -0.143. The van der Waals surface area contributed by atoms with Crippen LogP contribution in [-0.4, -0.2) is 80.4 Å². The highest BCUT2D eigenvalue weighted by atomic mass is 32.2. The van der Waals surface area contributed by atoms with Crippen LogP contribution in [0.4, 0.5) is 0 Å². The molecule has 156 valence electrons. The molecule has 2 rings (SSSR count). The molecule has 0 saturated carbocycles. The van der Waals surface area contributed by atoms with E-state index in [0.717, 1.165) is 51.6 Å². The summed E-state index contributed by atoms with van der Waals surface area (Å²) in [6, 6.07) is 0. The van der Waals surface area contributed by atoms with Gasteiger partial charge < -0.3 is 9.80 Å².